The van der Waals surface area contributed by atoms with Crippen molar-refractivity contribution in [3.05, 3.63) is 65.6 Å². The zero-order chi connectivity index (χ0) is 18.8. The molecule has 0 aliphatic rings. The number of hydrogen-bond donors (Lipinski definition) is 1. The van der Waals surface area contributed by atoms with E-state index in [9.17, 15) is 10.1 Å². The van der Waals surface area contributed by atoms with Crippen LogP contribution in [0.1, 0.15) is 16.8 Å². The Balaban J connectivity index is 1.62. The summed E-state index contributed by atoms with van der Waals surface area (Å²) in [5.74, 6) is 0.433. The average molecular weight is 358 g/mol. The van der Waals surface area contributed by atoms with E-state index in [1.54, 1.807) is 24.4 Å². The van der Waals surface area contributed by atoms with Crippen LogP contribution in [0.4, 0.5) is 5.82 Å². The quantitative estimate of drug-likeness (QED) is 0.601. The molecular weight excluding hydrogens is 344 g/mol. The first kappa shape index (κ1) is 16.5. The highest BCUT2D eigenvalue weighted by Gasteiger charge is 2.18. The number of nitrogens with zero attached hydrogens (tertiary/aromatic N) is 5. The lowest BCUT2D eigenvalue weighted by Gasteiger charge is -2.08. The Hall–Kier alpha value is -3.99. The van der Waals surface area contributed by atoms with Gasteiger partial charge in [0.15, 0.2) is 17.2 Å². The number of carbonyl (C=O) groups excluding carboxylic acids is 1. The van der Waals surface area contributed by atoms with Gasteiger partial charge in [-0.15, -0.1) is 0 Å². The number of carbonyl (C=O) groups is 1. The Labute approximate surface area is 154 Å². The van der Waals surface area contributed by atoms with Gasteiger partial charge in [0.25, 0.3) is 0 Å². The van der Waals surface area contributed by atoms with E-state index < -0.39 is 0 Å². The van der Waals surface area contributed by atoms with Crippen LogP contribution in [0.15, 0.2) is 53.3 Å². The predicted molar refractivity (Wildman–Crippen MR) is 97.2 cm³/mol. The largest absolute Gasteiger partial charge is 0.356 e. The van der Waals surface area contributed by atoms with E-state index in [1.165, 1.54) is 10.9 Å². The first-order valence-corrected chi connectivity index (χ1v) is 8.20. The molecule has 0 spiro atoms. The summed E-state index contributed by atoms with van der Waals surface area (Å²) >= 11 is 0. The summed E-state index contributed by atoms with van der Waals surface area (Å²) in [4.78, 5) is 16.8. The number of hydrogen-bond acceptors (Lipinski definition) is 6. The van der Waals surface area contributed by atoms with E-state index in [1.807, 2.05) is 31.2 Å². The smallest absolute Gasteiger partial charge is 0.231 e. The maximum atomic E-state index is 12.6. The van der Waals surface area contributed by atoms with Crippen molar-refractivity contribution in [2.24, 2.45) is 0 Å². The van der Waals surface area contributed by atoms with Crippen molar-refractivity contribution in [2.45, 2.75) is 13.3 Å². The van der Waals surface area contributed by atoms with Gasteiger partial charge in [-0.3, -0.25) is 4.79 Å². The summed E-state index contributed by atoms with van der Waals surface area (Å²) in [5, 5.41) is 21.0. The zero-order valence-electron chi connectivity index (χ0n) is 14.4. The molecule has 0 unspecified atom stereocenters. The van der Waals surface area contributed by atoms with Gasteiger partial charge in [-0.2, -0.15) is 15.0 Å². The number of fused-ring (bicyclic) bond motifs is 1. The molecule has 0 radical (unpaired) electrons. The Kier molecular flexibility index (Phi) is 4.10. The molecule has 0 aliphatic heterocycles. The van der Waals surface area contributed by atoms with Crippen LogP contribution in [-0.4, -0.2) is 25.8 Å². The minimum absolute atomic E-state index is 0.00865. The second-order valence-corrected chi connectivity index (χ2v) is 5.97. The van der Waals surface area contributed by atoms with Gasteiger partial charge in [-0.05, 0) is 31.2 Å². The van der Waals surface area contributed by atoms with Crippen molar-refractivity contribution in [1.82, 2.24) is 19.9 Å². The summed E-state index contributed by atoms with van der Waals surface area (Å²) in [6.45, 7) is 1.96. The van der Waals surface area contributed by atoms with Crippen molar-refractivity contribution in [3.63, 3.8) is 0 Å². The number of aromatic nitrogens is 4. The van der Waals surface area contributed by atoms with Crippen LogP contribution in [0.5, 0.6) is 0 Å². The number of benzene rings is 1. The molecule has 3 aromatic heterocycles. The van der Waals surface area contributed by atoms with Gasteiger partial charge in [-0.25, -0.2) is 4.98 Å². The molecule has 27 heavy (non-hydrogen) atoms. The minimum Gasteiger partial charge on any atom is -0.356 e. The van der Waals surface area contributed by atoms with Crippen LogP contribution in [0.3, 0.4) is 0 Å². The second kappa shape index (κ2) is 6.72. The maximum absolute atomic E-state index is 12.6. The molecule has 4 rings (SSSR count). The third-order valence-electron chi connectivity index (χ3n) is 4.04. The summed E-state index contributed by atoms with van der Waals surface area (Å²) in [5.41, 5.74) is 2.45. The van der Waals surface area contributed by atoms with Gasteiger partial charge in [0.1, 0.15) is 17.3 Å². The summed E-state index contributed by atoms with van der Waals surface area (Å²) in [6, 6.07) is 13.0. The van der Waals surface area contributed by atoms with Crippen LogP contribution >= 0.6 is 0 Å². The van der Waals surface area contributed by atoms with Gasteiger partial charge in [0, 0.05) is 11.6 Å². The highest BCUT2D eigenvalue weighted by Crippen LogP contribution is 2.22. The number of aryl methyl sites for hydroxylation is 1. The molecule has 8 nitrogen and oxygen atoms in total. The van der Waals surface area contributed by atoms with Gasteiger partial charge in [0.05, 0.1) is 12.6 Å². The molecule has 0 saturated heterocycles. The van der Waals surface area contributed by atoms with Gasteiger partial charge in [0.2, 0.25) is 5.91 Å². The lowest BCUT2D eigenvalue weighted by atomic mass is 10.1. The number of anilines is 1. The Bertz CT molecular complexity index is 1170. The molecule has 3 heterocycles. The SMILES string of the molecule is Cc1ccc2onc(CC(=O)Nc3c(C#N)cnn3-c3ccccn3)c2c1. The van der Waals surface area contributed by atoms with Crippen molar-refractivity contribution in [3.8, 4) is 11.9 Å². The lowest BCUT2D eigenvalue weighted by molar-refractivity contribution is -0.115. The van der Waals surface area contributed by atoms with E-state index >= 15 is 0 Å². The fourth-order valence-electron chi connectivity index (χ4n) is 2.76. The predicted octanol–water partition coefficient (Wildman–Crippen LogP) is 2.77. The molecule has 132 valence electrons. The zero-order valence-corrected chi connectivity index (χ0v) is 14.4. The van der Waals surface area contributed by atoms with Crippen molar-refractivity contribution >= 4 is 22.7 Å². The number of amides is 1. The van der Waals surface area contributed by atoms with Crippen LogP contribution in [0.25, 0.3) is 16.8 Å². The van der Waals surface area contributed by atoms with Crippen LogP contribution in [0.2, 0.25) is 0 Å². The second-order valence-electron chi connectivity index (χ2n) is 5.97. The maximum Gasteiger partial charge on any atom is 0.231 e. The lowest BCUT2D eigenvalue weighted by Crippen LogP contribution is -2.18. The Morgan fingerprint density at radius 3 is 3.00 bits per heavy atom. The Morgan fingerprint density at radius 2 is 2.22 bits per heavy atom. The number of pyridine rings is 1. The fraction of sp³-hybridized carbons (Fsp3) is 0.105. The van der Waals surface area contributed by atoms with E-state index in [0.717, 1.165) is 10.9 Å². The van der Waals surface area contributed by atoms with Crippen molar-refractivity contribution in [1.29, 1.82) is 5.26 Å². The number of rotatable bonds is 4. The van der Waals surface area contributed by atoms with Crippen molar-refractivity contribution < 1.29 is 9.32 Å². The molecule has 0 fully saturated rings. The topological polar surface area (TPSA) is 110 Å². The summed E-state index contributed by atoms with van der Waals surface area (Å²) in [7, 11) is 0. The number of nitrogens with one attached hydrogen (secondary N) is 1. The van der Waals surface area contributed by atoms with E-state index in [-0.39, 0.29) is 23.7 Å². The standard InChI is InChI=1S/C19H14N6O2/c1-12-5-6-16-14(8-12)15(24-27-16)9-18(26)23-19-13(10-20)11-22-25(19)17-4-2-3-7-21-17/h2-8,11H,9H2,1H3,(H,23,26). The molecule has 0 bridgehead atoms. The molecular formula is C19H14N6O2. The monoisotopic (exact) mass is 358 g/mol. The molecule has 0 saturated carbocycles. The first-order chi connectivity index (χ1) is 13.2. The molecule has 8 heteroatoms. The summed E-state index contributed by atoms with van der Waals surface area (Å²) in [6.07, 6.45) is 3.01. The summed E-state index contributed by atoms with van der Waals surface area (Å²) < 4.78 is 6.69. The van der Waals surface area contributed by atoms with Crippen LogP contribution in [0, 0.1) is 18.3 Å². The minimum atomic E-state index is -0.333. The van der Waals surface area contributed by atoms with E-state index in [4.69, 9.17) is 4.52 Å². The van der Waals surface area contributed by atoms with E-state index in [2.05, 4.69) is 20.6 Å². The molecule has 1 N–H and O–H groups in total. The van der Waals surface area contributed by atoms with Crippen LogP contribution < -0.4 is 5.32 Å². The number of nitriles is 1. The molecule has 1 amide bonds. The molecule has 4 aromatic rings. The highest BCUT2D eigenvalue weighted by molar-refractivity contribution is 5.95. The van der Waals surface area contributed by atoms with Gasteiger partial charge < -0.3 is 9.84 Å². The third kappa shape index (κ3) is 3.14. The molecule has 0 aliphatic carbocycles. The molecule has 1 aromatic carbocycles. The third-order valence-corrected chi connectivity index (χ3v) is 4.04. The Morgan fingerprint density at radius 1 is 1.33 bits per heavy atom. The van der Waals surface area contributed by atoms with Crippen LogP contribution in [-0.2, 0) is 11.2 Å². The average Bonchev–Trinajstić information content (AvgIpc) is 3.26. The molecule has 0 atom stereocenters. The van der Waals surface area contributed by atoms with Gasteiger partial charge in [-0.1, -0.05) is 22.9 Å². The normalized spacial score (nSPS) is 10.7. The van der Waals surface area contributed by atoms with E-state index in [0.29, 0.717) is 17.1 Å². The van der Waals surface area contributed by atoms with Crippen molar-refractivity contribution in [2.75, 3.05) is 5.32 Å². The fourth-order valence-corrected chi connectivity index (χ4v) is 2.76. The highest BCUT2D eigenvalue weighted by atomic mass is 16.5. The first-order valence-electron chi connectivity index (χ1n) is 8.20. The van der Waals surface area contributed by atoms with Gasteiger partial charge >= 0.3 is 0 Å².